The van der Waals surface area contributed by atoms with Crippen LogP contribution in [0.1, 0.15) is 6.42 Å². The number of piperazine rings is 1. The van der Waals surface area contributed by atoms with Crippen LogP contribution in [-0.4, -0.2) is 50.3 Å². The lowest BCUT2D eigenvalue weighted by Crippen LogP contribution is -2.44. The van der Waals surface area contributed by atoms with Gasteiger partial charge in [-0.2, -0.15) is 0 Å². The SMILES string of the molecule is CN1CCN(C2=CC[B]CC2)CC1. The highest BCUT2D eigenvalue weighted by molar-refractivity contribution is 6.36. The van der Waals surface area contributed by atoms with Gasteiger partial charge in [0.2, 0.25) is 0 Å². The summed E-state index contributed by atoms with van der Waals surface area (Å²) in [4.78, 5) is 4.97. The van der Waals surface area contributed by atoms with Crippen molar-refractivity contribution in [3.8, 4) is 0 Å². The van der Waals surface area contributed by atoms with Gasteiger partial charge in [0, 0.05) is 31.9 Å². The number of allylic oxidation sites excluding steroid dienone is 2. The predicted molar refractivity (Wildman–Crippen MR) is 57.1 cm³/mol. The van der Waals surface area contributed by atoms with Crippen LogP contribution in [0.4, 0.5) is 0 Å². The molecule has 0 N–H and O–H groups in total. The molecule has 0 atom stereocenters. The quantitative estimate of drug-likeness (QED) is 0.552. The second kappa shape index (κ2) is 4.18. The molecule has 71 valence electrons. The van der Waals surface area contributed by atoms with Crippen LogP contribution in [-0.2, 0) is 0 Å². The minimum atomic E-state index is 1.18. The Bertz CT molecular complexity index is 195. The van der Waals surface area contributed by atoms with Crippen molar-refractivity contribution in [2.75, 3.05) is 33.2 Å². The molecular formula is C10H18BN2. The van der Waals surface area contributed by atoms with Crippen molar-refractivity contribution < 1.29 is 0 Å². The third kappa shape index (κ3) is 2.28. The van der Waals surface area contributed by atoms with E-state index in [-0.39, 0.29) is 0 Å². The topological polar surface area (TPSA) is 6.48 Å². The molecule has 2 aliphatic rings. The first kappa shape index (κ1) is 9.13. The summed E-state index contributed by atoms with van der Waals surface area (Å²) >= 11 is 0. The summed E-state index contributed by atoms with van der Waals surface area (Å²) in [6, 6.07) is 0. The molecule has 0 aromatic carbocycles. The first-order valence-electron chi connectivity index (χ1n) is 5.30. The van der Waals surface area contributed by atoms with Crippen LogP contribution in [0.25, 0.3) is 0 Å². The Kier molecular flexibility index (Phi) is 2.94. The molecule has 13 heavy (non-hydrogen) atoms. The summed E-state index contributed by atoms with van der Waals surface area (Å²) in [7, 11) is 4.58. The van der Waals surface area contributed by atoms with Crippen molar-refractivity contribution in [2.24, 2.45) is 0 Å². The largest absolute Gasteiger partial charge is 0.373 e. The average molecular weight is 177 g/mol. The second-order valence-corrected chi connectivity index (χ2v) is 4.05. The number of nitrogens with zero attached hydrogens (tertiary/aromatic N) is 2. The first-order valence-corrected chi connectivity index (χ1v) is 5.30. The summed E-state index contributed by atoms with van der Waals surface area (Å²) in [6.45, 7) is 4.90. The summed E-state index contributed by atoms with van der Waals surface area (Å²) in [5.74, 6) is 0. The van der Waals surface area contributed by atoms with E-state index in [1.165, 1.54) is 45.2 Å². The van der Waals surface area contributed by atoms with Crippen molar-refractivity contribution in [3.05, 3.63) is 11.8 Å². The number of hydrogen-bond donors (Lipinski definition) is 0. The van der Waals surface area contributed by atoms with Gasteiger partial charge in [0.05, 0.1) is 0 Å². The molecule has 1 radical (unpaired) electrons. The Labute approximate surface area is 81.8 Å². The van der Waals surface area contributed by atoms with E-state index in [9.17, 15) is 0 Å². The highest BCUT2D eigenvalue weighted by Gasteiger charge is 2.17. The van der Waals surface area contributed by atoms with Crippen LogP contribution in [0, 0.1) is 0 Å². The van der Waals surface area contributed by atoms with Gasteiger partial charge in [-0.15, -0.1) is 0 Å². The molecule has 1 saturated heterocycles. The molecule has 0 aliphatic carbocycles. The molecule has 0 amide bonds. The van der Waals surface area contributed by atoms with Gasteiger partial charge < -0.3 is 9.80 Å². The normalized spacial score (nSPS) is 25.3. The fraction of sp³-hybridized carbons (Fsp3) is 0.800. The van der Waals surface area contributed by atoms with E-state index in [0.29, 0.717) is 0 Å². The number of hydrogen-bond acceptors (Lipinski definition) is 2. The minimum Gasteiger partial charge on any atom is -0.373 e. The van der Waals surface area contributed by atoms with Crippen molar-refractivity contribution in [2.45, 2.75) is 19.1 Å². The van der Waals surface area contributed by atoms with E-state index >= 15 is 0 Å². The zero-order valence-electron chi connectivity index (χ0n) is 8.50. The van der Waals surface area contributed by atoms with E-state index in [0.717, 1.165) is 0 Å². The Balaban J connectivity index is 1.89. The van der Waals surface area contributed by atoms with E-state index in [1.807, 2.05) is 0 Å². The highest BCUT2D eigenvalue weighted by atomic mass is 15.2. The van der Waals surface area contributed by atoms with Crippen molar-refractivity contribution in [1.29, 1.82) is 0 Å². The maximum Gasteiger partial charge on any atom is 0.115 e. The fourth-order valence-electron chi connectivity index (χ4n) is 2.07. The first-order chi connectivity index (χ1) is 6.36. The zero-order valence-corrected chi connectivity index (χ0v) is 8.50. The van der Waals surface area contributed by atoms with E-state index in [4.69, 9.17) is 0 Å². The van der Waals surface area contributed by atoms with Crippen LogP contribution >= 0.6 is 0 Å². The molecule has 0 aromatic rings. The van der Waals surface area contributed by atoms with Crippen LogP contribution in [0.5, 0.6) is 0 Å². The van der Waals surface area contributed by atoms with Gasteiger partial charge in [-0.25, -0.2) is 0 Å². The zero-order chi connectivity index (χ0) is 9.10. The summed E-state index contributed by atoms with van der Waals surface area (Å²) < 4.78 is 0. The van der Waals surface area contributed by atoms with Gasteiger partial charge in [-0.05, 0) is 13.5 Å². The molecule has 2 heterocycles. The molecule has 3 heteroatoms. The van der Waals surface area contributed by atoms with Crippen LogP contribution in [0.2, 0.25) is 12.6 Å². The minimum absolute atomic E-state index is 1.18. The molecule has 2 rings (SSSR count). The molecular weight excluding hydrogens is 159 g/mol. The van der Waals surface area contributed by atoms with Gasteiger partial charge in [0.1, 0.15) is 7.28 Å². The molecule has 0 aromatic heterocycles. The van der Waals surface area contributed by atoms with E-state index in [2.05, 4.69) is 30.2 Å². The number of likely N-dealkylation sites (N-methyl/N-ethyl adjacent to an activating group) is 1. The lowest BCUT2D eigenvalue weighted by molar-refractivity contribution is 0.182. The third-order valence-electron chi connectivity index (χ3n) is 3.03. The van der Waals surface area contributed by atoms with E-state index < -0.39 is 0 Å². The predicted octanol–water partition coefficient (Wildman–Crippen LogP) is 1.06. The maximum atomic E-state index is 2.56. The lowest BCUT2D eigenvalue weighted by atomic mass is 9.66. The molecule has 0 unspecified atom stereocenters. The van der Waals surface area contributed by atoms with Gasteiger partial charge in [-0.1, -0.05) is 18.7 Å². The van der Waals surface area contributed by atoms with Gasteiger partial charge >= 0.3 is 0 Å². The standard InChI is InChI=1S/C10H18BN2/c1-12-6-8-13(9-7-12)10-2-4-11-5-3-10/h2H,3-9H2,1H3. The second-order valence-electron chi connectivity index (χ2n) is 4.05. The summed E-state index contributed by atoms with van der Waals surface area (Å²) in [5.41, 5.74) is 1.59. The monoisotopic (exact) mass is 177 g/mol. The van der Waals surface area contributed by atoms with Crippen molar-refractivity contribution in [1.82, 2.24) is 9.80 Å². The van der Waals surface area contributed by atoms with Crippen LogP contribution in [0.3, 0.4) is 0 Å². The lowest BCUT2D eigenvalue weighted by Gasteiger charge is -2.36. The molecule has 2 aliphatic heterocycles. The average Bonchev–Trinajstić information content (AvgIpc) is 2.20. The van der Waals surface area contributed by atoms with Gasteiger partial charge in [-0.3, -0.25) is 0 Å². The Morgan fingerprint density at radius 2 is 2.00 bits per heavy atom. The van der Waals surface area contributed by atoms with Crippen molar-refractivity contribution in [3.63, 3.8) is 0 Å². The Morgan fingerprint density at radius 1 is 1.23 bits per heavy atom. The fourth-order valence-corrected chi connectivity index (χ4v) is 2.07. The molecule has 1 fully saturated rings. The van der Waals surface area contributed by atoms with Crippen LogP contribution < -0.4 is 0 Å². The van der Waals surface area contributed by atoms with Gasteiger partial charge in [0.15, 0.2) is 0 Å². The Hall–Kier alpha value is -0.435. The summed E-state index contributed by atoms with van der Waals surface area (Å²) in [6.07, 6.45) is 6.12. The smallest absolute Gasteiger partial charge is 0.115 e. The summed E-state index contributed by atoms with van der Waals surface area (Å²) in [5, 5.41) is 0. The van der Waals surface area contributed by atoms with Crippen molar-refractivity contribution >= 4 is 7.28 Å². The third-order valence-corrected chi connectivity index (χ3v) is 3.03. The van der Waals surface area contributed by atoms with Gasteiger partial charge in [0.25, 0.3) is 0 Å². The Morgan fingerprint density at radius 3 is 2.62 bits per heavy atom. The van der Waals surface area contributed by atoms with Crippen LogP contribution in [0.15, 0.2) is 11.8 Å². The van der Waals surface area contributed by atoms with E-state index in [1.54, 1.807) is 5.70 Å². The maximum absolute atomic E-state index is 2.56. The molecule has 0 spiro atoms. The molecule has 0 bridgehead atoms. The number of rotatable bonds is 1. The molecule has 2 nitrogen and oxygen atoms in total. The highest BCUT2D eigenvalue weighted by Crippen LogP contribution is 2.19. The molecule has 0 saturated carbocycles.